The smallest absolute Gasteiger partial charge is 1.00 e. The monoisotopic (exact) mass is 357 g/mol. The maximum absolute atomic E-state index is 4.96. The molecule has 0 aliphatic rings. The van der Waals surface area contributed by atoms with Gasteiger partial charge in [0.25, 0.3) is 0 Å². The van der Waals surface area contributed by atoms with Gasteiger partial charge in [0.2, 0.25) is 0 Å². The molecule has 0 radical (unpaired) electrons. The molecular formula is H4Cl3KNPt. The van der Waals surface area contributed by atoms with E-state index in [0.717, 1.165) is 0 Å². The van der Waals surface area contributed by atoms with Crippen molar-refractivity contribution >= 4 is 28.3 Å². The van der Waals surface area contributed by atoms with Gasteiger partial charge in [0, 0.05) is 0 Å². The van der Waals surface area contributed by atoms with Crippen LogP contribution >= 0.6 is 28.3 Å². The van der Waals surface area contributed by atoms with Crippen molar-refractivity contribution in [1.82, 2.24) is 6.15 Å². The second-order valence-electron chi connectivity index (χ2n) is 0.136. The molecule has 1 nitrogen and oxygen atoms in total. The van der Waals surface area contributed by atoms with Gasteiger partial charge < -0.3 is 7.58 Å². The molecule has 6 heavy (non-hydrogen) atoms. The normalized spacial score (nSPS) is 7.50. The van der Waals surface area contributed by atoms with Crippen LogP contribution in [0.5, 0.6) is 0 Å². The molecule has 0 aliphatic heterocycles. The van der Waals surface area contributed by atoms with Crippen LogP contribution in [0.25, 0.3) is 0 Å². The third kappa shape index (κ3) is 27.2. The van der Waals surface area contributed by atoms with Gasteiger partial charge in [0.15, 0.2) is 0 Å². The van der Waals surface area contributed by atoms with E-state index in [9.17, 15) is 0 Å². The molecule has 6 heteroatoms. The van der Waals surface area contributed by atoms with Crippen molar-refractivity contribution in [3.05, 3.63) is 0 Å². The first kappa shape index (κ1) is 16.1. The fourth-order valence-corrected chi connectivity index (χ4v) is 0. The van der Waals surface area contributed by atoms with E-state index in [1.165, 1.54) is 0 Å². The predicted molar refractivity (Wildman–Crippen MR) is 23.7 cm³/mol. The molecule has 0 fully saturated rings. The van der Waals surface area contributed by atoms with Gasteiger partial charge in [0.1, 0.15) is 0 Å². The first-order chi connectivity index (χ1) is 1.73. The van der Waals surface area contributed by atoms with Crippen LogP contribution in [0.15, 0.2) is 0 Å². The third-order valence-corrected chi connectivity index (χ3v) is 0. The summed E-state index contributed by atoms with van der Waals surface area (Å²) < 4.78 is 0. The molecule has 0 spiro atoms. The predicted octanol–water partition coefficient (Wildman–Crippen LogP) is -0.656. The van der Waals surface area contributed by atoms with Crippen molar-refractivity contribution < 1.29 is 67.0 Å². The van der Waals surface area contributed by atoms with E-state index in [1.54, 1.807) is 0 Å². The zero-order chi connectivity index (χ0) is 3.58. The molecule has 0 heterocycles. The maximum atomic E-state index is 4.96. The van der Waals surface area contributed by atoms with Gasteiger partial charge in [-0.25, -0.2) is 0 Å². The Balaban J connectivity index is -0.0000000150. The molecule has 0 saturated carbocycles. The number of hydrogen-bond donors (Lipinski definition) is 1. The summed E-state index contributed by atoms with van der Waals surface area (Å²) in [5.41, 5.74) is 0. The van der Waals surface area contributed by atoms with Crippen LogP contribution in [0, 0.1) is 0 Å². The van der Waals surface area contributed by atoms with E-state index in [2.05, 4.69) is 0 Å². The Kier molecular flexibility index (Phi) is 29.5. The minimum Gasteiger partial charge on any atom is -1.00 e. The summed E-state index contributed by atoms with van der Waals surface area (Å²) in [6.07, 6.45) is 0. The molecule has 0 aromatic heterocycles. The summed E-state index contributed by atoms with van der Waals surface area (Å²) in [6.45, 7) is 0. The molecule has 0 aromatic carbocycles. The van der Waals surface area contributed by atoms with Crippen molar-refractivity contribution in [2.75, 3.05) is 0 Å². The average molecular weight is 359 g/mol. The number of rotatable bonds is 0. The summed E-state index contributed by atoms with van der Waals surface area (Å²) in [6, 6.07) is 0. The third-order valence-electron chi connectivity index (χ3n) is 0. The largest absolute Gasteiger partial charge is 1.00 e. The Morgan fingerprint density at radius 3 is 1.17 bits per heavy atom. The number of hydrogen-bond acceptors (Lipinski definition) is 1. The van der Waals surface area contributed by atoms with Crippen molar-refractivity contribution in [2.24, 2.45) is 0 Å². The van der Waals surface area contributed by atoms with E-state index in [-0.39, 0.29) is 59.0 Å². The molecule has 0 atom stereocenters. The summed E-state index contributed by atoms with van der Waals surface area (Å²) in [5, 5.41) is 0. The summed E-state index contributed by atoms with van der Waals surface area (Å²) in [7, 11) is 14.9. The summed E-state index contributed by atoms with van der Waals surface area (Å²) in [4.78, 5) is 0. The SMILES string of the molecule is N.[Cl][Pt]([Cl])[Cl].[H-].[K+]. The molecule has 0 unspecified atom stereocenters. The van der Waals surface area contributed by atoms with Crippen molar-refractivity contribution in [1.29, 1.82) is 0 Å². The van der Waals surface area contributed by atoms with Crippen molar-refractivity contribution in [3.8, 4) is 0 Å². The van der Waals surface area contributed by atoms with Crippen LogP contribution in [0.3, 0.4) is 0 Å². The molecule has 0 aromatic rings. The van der Waals surface area contributed by atoms with Crippen LogP contribution in [-0.4, -0.2) is 0 Å². The van der Waals surface area contributed by atoms with Gasteiger partial charge in [-0.2, -0.15) is 0 Å². The van der Waals surface area contributed by atoms with E-state index in [1.807, 2.05) is 0 Å². The summed E-state index contributed by atoms with van der Waals surface area (Å²) >= 11 is -1.85. The van der Waals surface area contributed by atoms with Crippen LogP contribution in [0.4, 0.5) is 0 Å². The van der Waals surface area contributed by atoms with Gasteiger partial charge in [0.05, 0.1) is 0 Å². The Labute approximate surface area is 98.9 Å². The van der Waals surface area contributed by atoms with E-state index in [4.69, 9.17) is 28.3 Å². The Morgan fingerprint density at radius 2 is 1.17 bits per heavy atom. The van der Waals surface area contributed by atoms with Gasteiger partial charge in [-0.3, -0.25) is 0 Å². The summed E-state index contributed by atoms with van der Waals surface area (Å²) in [5.74, 6) is 0. The van der Waals surface area contributed by atoms with Crippen molar-refractivity contribution in [3.63, 3.8) is 0 Å². The van der Waals surface area contributed by atoms with Gasteiger partial charge in [-0.15, -0.1) is 0 Å². The first-order valence-corrected chi connectivity index (χ1v) is 8.81. The van der Waals surface area contributed by atoms with E-state index in [0.29, 0.717) is 0 Å². The molecule has 0 saturated heterocycles. The molecule has 41 valence electrons. The zero-order valence-electron chi connectivity index (χ0n) is 4.16. The quantitative estimate of drug-likeness (QED) is 0.574. The first-order valence-electron chi connectivity index (χ1n) is 0.359. The molecule has 0 rings (SSSR count). The van der Waals surface area contributed by atoms with Crippen LogP contribution < -0.4 is 57.5 Å². The Hall–Kier alpha value is 3.15. The molecular weight excluding hydrogens is 355 g/mol. The minimum absolute atomic E-state index is 0. The topological polar surface area (TPSA) is 35.0 Å². The number of halogens is 3. The van der Waals surface area contributed by atoms with Crippen LogP contribution in [-0.2, 0) is 14.2 Å². The van der Waals surface area contributed by atoms with Gasteiger partial charge in [-0.1, -0.05) is 0 Å². The fraction of sp³-hybridized carbons (Fsp3) is 0. The molecule has 0 bridgehead atoms. The van der Waals surface area contributed by atoms with E-state index < -0.39 is 14.2 Å². The average Bonchev–Trinajstić information content (AvgIpc) is 0.811. The fourth-order valence-electron chi connectivity index (χ4n) is 0. The molecule has 3 N–H and O–H groups in total. The zero-order valence-corrected chi connectivity index (χ0v) is 10.8. The van der Waals surface area contributed by atoms with Gasteiger partial charge in [-0.05, 0) is 0 Å². The van der Waals surface area contributed by atoms with E-state index >= 15 is 0 Å². The van der Waals surface area contributed by atoms with Crippen LogP contribution in [0.1, 0.15) is 1.43 Å². The standard InChI is InChI=1S/3ClH.K.H3N.Pt.H/h3*1H;;1H3;;/q;;;+1;;+3;-1/p-3. The van der Waals surface area contributed by atoms with Crippen molar-refractivity contribution in [2.45, 2.75) is 0 Å². The second-order valence-corrected chi connectivity index (χ2v) is 9.98. The van der Waals surface area contributed by atoms with Gasteiger partial charge >= 0.3 is 93.8 Å². The van der Waals surface area contributed by atoms with Crippen LogP contribution in [0.2, 0.25) is 0 Å². The molecule has 0 aliphatic carbocycles. The Bertz CT molecular complexity index is 19.7. The maximum Gasteiger partial charge on any atom is 1.00 e. The molecule has 0 amide bonds. The second kappa shape index (κ2) is 11.0. The minimum atomic E-state index is -1.85. The Morgan fingerprint density at radius 1 is 1.17 bits per heavy atom.